The smallest absolute Gasteiger partial charge is 0.227 e. The van der Waals surface area contributed by atoms with E-state index < -0.39 is 0 Å². The van der Waals surface area contributed by atoms with Crippen LogP contribution in [0.1, 0.15) is 11.1 Å². The minimum Gasteiger partial charge on any atom is -0.493 e. The molecule has 0 N–H and O–H groups in total. The number of thiophene rings is 1. The maximum atomic E-state index is 12.4. The Kier molecular flexibility index (Phi) is 5.87. The van der Waals surface area contributed by atoms with Crippen molar-refractivity contribution in [3.8, 4) is 17.2 Å². The highest BCUT2D eigenvalue weighted by Gasteiger charge is 2.16. The largest absolute Gasteiger partial charge is 0.493 e. The van der Waals surface area contributed by atoms with Crippen LogP contribution in [0.4, 0.5) is 0 Å². The summed E-state index contributed by atoms with van der Waals surface area (Å²) >= 11 is 1.63. The number of hydrogen-bond acceptors (Lipinski definition) is 5. The van der Waals surface area contributed by atoms with Crippen LogP contribution in [0.5, 0.6) is 17.2 Å². The van der Waals surface area contributed by atoms with E-state index >= 15 is 0 Å². The number of nitrogens with zero attached hydrogens (tertiary/aromatic N) is 1. The molecule has 1 heterocycles. The van der Waals surface area contributed by atoms with E-state index in [9.17, 15) is 4.79 Å². The fourth-order valence-electron chi connectivity index (χ4n) is 2.29. The second-order valence-electron chi connectivity index (χ2n) is 5.09. The molecule has 0 aliphatic carbocycles. The molecule has 124 valence electrons. The van der Waals surface area contributed by atoms with Crippen molar-refractivity contribution >= 4 is 17.2 Å². The molecule has 0 fully saturated rings. The summed E-state index contributed by atoms with van der Waals surface area (Å²) in [6, 6.07) is 5.63. The first-order valence-corrected chi connectivity index (χ1v) is 8.07. The van der Waals surface area contributed by atoms with Crippen LogP contribution < -0.4 is 14.2 Å². The zero-order valence-corrected chi connectivity index (χ0v) is 14.6. The topological polar surface area (TPSA) is 48.0 Å². The normalized spacial score (nSPS) is 10.3. The summed E-state index contributed by atoms with van der Waals surface area (Å²) in [4.78, 5) is 14.1. The number of rotatable bonds is 7. The van der Waals surface area contributed by atoms with Gasteiger partial charge in [-0.2, -0.15) is 11.3 Å². The van der Waals surface area contributed by atoms with Crippen molar-refractivity contribution in [3.63, 3.8) is 0 Å². The van der Waals surface area contributed by atoms with E-state index in [1.165, 1.54) is 0 Å². The van der Waals surface area contributed by atoms with Gasteiger partial charge in [0.05, 0.1) is 27.8 Å². The molecule has 0 unspecified atom stereocenters. The maximum Gasteiger partial charge on any atom is 0.227 e. The Morgan fingerprint density at radius 1 is 1.09 bits per heavy atom. The van der Waals surface area contributed by atoms with E-state index in [1.807, 2.05) is 16.8 Å². The van der Waals surface area contributed by atoms with Crippen LogP contribution >= 0.6 is 11.3 Å². The third-order valence-electron chi connectivity index (χ3n) is 3.51. The first kappa shape index (κ1) is 17.1. The molecule has 1 amide bonds. The van der Waals surface area contributed by atoms with Crippen LogP contribution in [0.2, 0.25) is 0 Å². The van der Waals surface area contributed by atoms with Gasteiger partial charge in [-0.25, -0.2) is 0 Å². The van der Waals surface area contributed by atoms with Gasteiger partial charge in [0.1, 0.15) is 0 Å². The molecule has 2 aromatic rings. The van der Waals surface area contributed by atoms with E-state index in [1.54, 1.807) is 56.7 Å². The minimum absolute atomic E-state index is 0.0328. The van der Waals surface area contributed by atoms with Gasteiger partial charge >= 0.3 is 0 Å². The molecular formula is C17H21NO4S. The molecule has 0 saturated heterocycles. The number of likely N-dealkylation sites (N-methyl/N-ethyl adjacent to an activating group) is 1. The number of benzene rings is 1. The lowest BCUT2D eigenvalue weighted by Crippen LogP contribution is -2.27. The average molecular weight is 335 g/mol. The Morgan fingerprint density at radius 3 is 2.22 bits per heavy atom. The summed E-state index contributed by atoms with van der Waals surface area (Å²) < 4.78 is 15.9. The number of carbonyl (C=O) groups is 1. The highest BCUT2D eigenvalue weighted by atomic mass is 32.1. The lowest BCUT2D eigenvalue weighted by atomic mass is 10.1. The molecule has 0 saturated carbocycles. The van der Waals surface area contributed by atoms with Gasteiger partial charge in [-0.1, -0.05) is 0 Å². The van der Waals surface area contributed by atoms with Gasteiger partial charge in [-0.05, 0) is 40.1 Å². The van der Waals surface area contributed by atoms with E-state index in [-0.39, 0.29) is 12.3 Å². The van der Waals surface area contributed by atoms with Crippen molar-refractivity contribution < 1.29 is 19.0 Å². The lowest BCUT2D eigenvalue weighted by molar-refractivity contribution is -0.129. The predicted molar refractivity (Wildman–Crippen MR) is 90.6 cm³/mol. The van der Waals surface area contributed by atoms with Gasteiger partial charge in [0, 0.05) is 13.6 Å². The summed E-state index contributed by atoms with van der Waals surface area (Å²) in [7, 11) is 6.48. The summed E-state index contributed by atoms with van der Waals surface area (Å²) in [6.45, 7) is 0.604. The van der Waals surface area contributed by atoms with Crippen molar-refractivity contribution in [1.82, 2.24) is 4.90 Å². The van der Waals surface area contributed by atoms with Gasteiger partial charge in [0.25, 0.3) is 0 Å². The molecule has 0 bridgehead atoms. The maximum absolute atomic E-state index is 12.4. The van der Waals surface area contributed by atoms with Gasteiger partial charge in [0.15, 0.2) is 11.5 Å². The fraction of sp³-hybridized carbons (Fsp3) is 0.353. The summed E-state index contributed by atoms with van der Waals surface area (Å²) in [6.07, 6.45) is 0.275. The van der Waals surface area contributed by atoms with Crippen LogP contribution in [0, 0.1) is 0 Å². The Balaban J connectivity index is 2.13. The molecule has 0 aliphatic rings. The van der Waals surface area contributed by atoms with Crippen molar-refractivity contribution in [2.75, 3.05) is 28.4 Å². The molecule has 0 aliphatic heterocycles. The van der Waals surface area contributed by atoms with Gasteiger partial charge in [0.2, 0.25) is 11.7 Å². The van der Waals surface area contributed by atoms with Crippen molar-refractivity contribution in [2.45, 2.75) is 13.0 Å². The van der Waals surface area contributed by atoms with Gasteiger partial charge < -0.3 is 19.1 Å². The number of amides is 1. The monoisotopic (exact) mass is 335 g/mol. The number of hydrogen-bond donors (Lipinski definition) is 0. The Hall–Kier alpha value is -2.21. The summed E-state index contributed by atoms with van der Waals surface area (Å²) in [5.41, 5.74) is 1.96. The van der Waals surface area contributed by atoms with E-state index in [2.05, 4.69) is 0 Å². The number of ether oxygens (including phenoxy) is 3. The van der Waals surface area contributed by atoms with Crippen LogP contribution in [0.25, 0.3) is 0 Å². The molecule has 0 atom stereocenters. The Morgan fingerprint density at radius 2 is 1.74 bits per heavy atom. The minimum atomic E-state index is 0.0328. The molecule has 6 heteroatoms. The number of carbonyl (C=O) groups excluding carboxylic acids is 1. The van der Waals surface area contributed by atoms with Crippen LogP contribution in [-0.2, 0) is 17.8 Å². The standard InChI is InChI=1S/C17H21NO4S/c1-18(10-12-5-6-23-11-12)16(19)9-13-7-14(20-2)17(22-4)15(8-13)21-3/h5-8,11H,9-10H2,1-4H3. The van der Waals surface area contributed by atoms with Crippen LogP contribution in [-0.4, -0.2) is 39.2 Å². The molecular weight excluding hydrogens is 314 g/mol. The predicted octanol–water partition coefficient (Wildman–Crippen LogP) is 2.98. The van der Waals surface area contributed by atoms with E-state index in [0.29, 0.717) is 23.8 Å². The molecule has 2 rings (SSSR count). The molecule has 5 nitrogen and oxygen atoms in total. The van der Waals surface area contributed by atoms with Crippen molar-refractivity contribution in [2.24, 2.45) is 0 Å². The average Bonchev–Trinajstić information content (AvgIpc) is 3.06. The SMILES string of the molecule is COc1cc(CC(=O)N(C)Cc2ccsc2)cc(OC)c1OC. The van der Waals surface area contributed by atoms with Crippen LogP contribution in [0.3, 0.4) is 0 Å². The second-order valence-corrected chi connectivity index (χ2v) is 5.87. The fourth-order valence-corrected chi connectivity index (χ4v) is 2.95. The molecule has 0 spiro atoms. The quantitative estimate of drug-likeness (QED) is 0.780. The van der Waals surface area contributed by atoms with Crippen LogP contribution in [0.15, 0.2) is 29.0 Å². The zero-order chi connectivity index (χ0) is 16.8. The van der Waals surface area contributed by atoms with Gasteiger partial charge in [-0.15, -0.1) is 0 Å². The third-order valence-corrected chi connectivity index (χ3v) is 4.24. The van der Waals surface area contributed by atoms with Crippen molar-refractivity contribution in [1.29, 1.82) is 0 Å². The molecule has 1 aromatic heterocycles. The molecule has 1 aromatic carbocycles. The zero-order valence-electron chi connectivity index (χ0n) is 13.8. The summed E-state index contributed by atoms with van der Waals surface area (Å²) in [5.74, 6) is 1.66. The number of methoxy groups -OCH3 is 3. The van der Waals surface area contributed by atoms with Gasteiger partial charge in [-0.3, -0.25) is 4.79 Å². The summed E-state index contributed by atoms with van der Waals surface area (Å²) in [5, 5.41) is 4.05. The lowest BCUT2D eigenvalue weighted by Gasteiger charge is -2.18. The second kappa shape index (κ2) is 7.87. The first-order chi connectivity index (χ1) is 11.1. The molecule has 0 radical (unpaired) electrons. The van der Waals surface area contributed by atoms with E-state index in [0.717, 1.165) is 11.1 Å². The Labute approximate surface area is 140 Å². The van der Waals surface area contributed by atoms with Crippen molar-refractivity contribution in [3.05, 3.63) is 40.1 Å². The van der Waals surface area contributed by atoms with E-state index in [4.69, 9.17) is 14.2 Å². The molecule has 23 heavy (non-hydrogen) atoms. The third kappa shape index (κ3) is 4.16. The highest BCUT2D eigenvalue weighted by Crippen LogP contribution is 2.38. The highest BCUT2D eigenvalue weighted by molar-refractivity contribution is 7.07. The first-order valence-electron chi connectivity index (χ1n) is 7.13. The Bertz CT molecular complexity index is 630.